The molecule has 0 saturated heterocycles. The number of aryl methyl sites for hydroxylation is 1. The van der Waals surface area contributed by atoms with Crippen LogP contribution in [-0.4, -0.2) is 27.6 Å². The van der Waals surface area contributed by atoms with Crippen molar-refractivity contribution >= 4 is 0 Å². The van der Waals surface area contributed by atoms with Crippen molar-refractivity contribution in [2.75, 3.05) is 6.61 Å². The third-order valence-electron chi connectivity index (χ3n) is 3.66. The van der Waals surface area contributed by atoms with Gasteiger partial charge in [-0.1, -0.05) is 18.2 Å². The van der Waals surface area contributed by atoms with Crippen LogP contribution in [0.1, 0.15) is 22.4 Å². The lowest BCUT2D eigenvalue weighted by Crippen LogP contribution is -2.33. The average Bonchev–Trinajstić information content (AvgIpc) is 2.55. The molecule has 1 heterocycles. The van der Waals surface area contributed by atoms with E-state index < -0.39 is 11.7 Å². The van der Waals surface area contributed by atoms with Crippen LogP contribution in [0.25, 0.3) is 0 Å². The number of ether oxygens (including phenoxy) is 1. The number of hydrogen-bond acceptors (Lipinski definition) is 5. The maximum absolute atomic E-state index is 13.5. The van der Waals surface area contributed by atoms with Gasteiger partial charge in [-0.3, -0.25) is 4.79 Å². The molecule has 0 aliphatic rings. The zero-order valence-corrected chi connectivity index (χ0v) is 13.5. The van der Waals surface area contributed by atoms with Crippen molar-refractivity contribution in [3.05, 3.63) is 62.8 Å². The third kappa shape index (κ3) is 4.04. The van der Waals surface area contributed by atoms with Crippen LogP contribution in [0, 0.1) is 31.0 Å². The number of aromatic nitrogens is 2. The van der Waals surface area contributed by atoms with Gasteiger partial charge in [0.05, 0.1) is 31.6 Å². The molecule has 2 aromatic rings. The second-order valence-corrected chi connectivity index (χ2v) is 5.44. The number of aliphatic hydroxyl groups is 1. The molecular weight excluding hydrogens is 313 g/mol. The molecule has 0 aliphatic carbocycles. The molecule has 0 aliphatic heterocycles. The van der Waals surface area contributed by atoms with Crippen molar-refractivity contribution in [1.29, 1.82) is 5.26 Å². The Balaban J connectivity index is 1.99. The molecule has 7 heteroatoms. The number of aliphatic hydroxyl groups excluding tert-OH is 1. The van der Waals surface area contributed by atoms with Gasteiger partial charge >= 0.3 is 0 Å². The molecule has 24 heavy (non-hydrogen) atoms. The van der Waals surface area contributed by atoms with Crippen molar-refractivity contribution in [2.45, 2.75) is 33.1 Å². The van der Waals surface area contributed by atoms with Crippen LogP contribution >= 0.6 is 0 Å². The summed E-state index contributed by atoms with van der Waals surface area (Å²) < 4.78 is 19.8. The summed E-state index contributed by atoms with van der Waals surface area (Å²) in [5.41, 5.74) is 0.934. The zero-order chi connectivity index (χ0) is 17.7. The topological polar surface area (TPSA) is 88.1 Å². The first kappa shape index (κ1) is 17.8. The number of halogens is 1. The maximum atomic E-state index is 13.5. The molecule has 0 fully saturated rings. The molecule has 0 amide bonds. The fourth-order valence-electron chi connectivity index (χ4n) is 2.20. The Hall–Kier alpha value is -2.56. The summed E-state index contributed by atoms with van der Waals surface area (Å²) in [7, 11) is 0. The summed E-state index contributed by atoms with van der Waals surface area (Å²) in [6.07, 6.45) is -1.00. The zero-order valence-electron chi connectivity index (χ0n) is 13.5. The first-order valence-electron chi connectivity index (χ1n) is 7.41. The maximum Gasteiger partial charge on any atom is 0.285 e. The van der Waals surface area contributed by atoms with E-state index in [-0.39, 0.29) is 31.1 Å². The lowest BCUT2D eigenvalue weighted by molar-refractivity contribution is 0.0170. The van der Waals surface area contributed by atoms with Crippen LogP contribution in [0.15, 0.2) is 29.1 Å². The van der Waals surface area contributed by atoms with Gasteiger partial charge in [0.25, 0.3) is 5.56 Å². The Morgan fingerprint density at radius 2 is 2.12 bits per heavy atom. The van der Waals surface area contributed by atoms with E-state index in [4.69, 9.17) is 10.00 Å². The normalized spacial score (nSPS) is 12.0. The van der Waals surface area contributed by atoms with Crippen LogP contribution in [0.4, 0.5) is 4.39 Å². The molecule has 1 aromatic carbocycles. The van der Waals surface area contributed by atoms with Crippen molar-refractivity contribution in [3.63, 3.8) is 0 Å². The van der Waals surface area contributed by atoms with Gasteiger partial charge in [-0.25, -0.2) is 9.07 Å². The highest BCUT2D eigenvalue weighted by atomic mass is 19.1. The van der Waals surface area contributed by atoms with Gasteiger partial charge in [0.1, 0.15) is 17.4 Å². The molecule has 1 aromatic heterocycles. The number of hydrogen-bond donors (Lipinski definition) is 1. The molecule has 0 unspecified atom stereocenters. The van der Waals surface area contributed by atoms with Crippen LogP contribution in [0.2, 0.25) is 0 Å². The molecule has 1 atom stereocenters. The number of nitriles is 1. The first-order chi connectivity index (χ1) is 11.4. The van der Waals surface area contributed by atoms with E-state index in [1.165, 1.54) is 6.07 Å². The third-order valence-corrected chi connectivity index (χ3v) is 3.66. The number of nitrogens with zero attached hydrogens (tertiary/aromatic N) is 3. The number of benzene rings is 1. The van der Waals surface area contributed by atoms with Gasteiger partial charge in [0.2, 0.25) is 0 Å². The van der Waals surface area contributed by atoms with Gasteiger partial charge in [-0.15, -0.1) is 0 Å². The highest BCUT2D eigenvalue weighted by Gasteiger charge is 2.14. The predicted molar refractivity (Wildman–Crippen MR) is 84.7 cm³/mol. The Bertz CT molecular complexity index is 827. The summed E-state index contributed by atoms with van der Waals surface area (Å²) in [4.78, 5) is 12.1. The summed E-state index contributed by atoms with van der Waals surface area (Å²) in [5, 5.41) is 23.1. The van der Waals surface area contributed by atoms with Gasteiger partial charge in [-0.2, -0.15) is 10.4 Å². The van der Waals surface area contributed by atoms with Crippen molar-refractivity contribution in [3.8, 4) is 6.07 Å². The molecule has 1 N–H and O–H groups in total. The quantitative estimate of drug-likeness (QED) is 0.865. The molecule has 0 radical (unpaired) electrons. The van der Waals surface area contributed by atoms with E-state index >= 15 is 0 Å². The van der Waals surface area contributed by atoms with Crippen molar-refractivity contribution in [1.82, 2.24) is 9.78 Å². The smallest absolute Gasteiger partial charge is 0.285 e. The van der Waals surface area contributed by atoms with E-state index in [2.05, 4.69) is 5.10 Å². The van der Waals surface area contributed by atoms with Crippen LogP contribution in [-0.2, 0) is 17.9 Å². The molecule has 0 saturated carbocycles. The Labute approximate surface area is 138 Å². The minimum atomic E-state index is -1.00. The van der Waals surface area contributed by atoms with Gasteiger partial charge < -0.3 is 9.84 Å². The van der Waals surface area contributed by atoms with E-state index in [1.807, 2.05) is 6.07 Å². The monoisotopic (exact) mass is 331 g/mol. The predicted octanol–water partition coefficient (Wildman–Crippen LogP) is 1.45. The van der Waals surface area contributed by atoms with Crippen LogP contribution in [0.3, 0.4) is 0 Å². The van der Waals surface area contributed by atoms with Crippen molar-refractivity contribution < 1.29 is 14.2 Å². The second-order valence-electron chi connectivity index (χ2n) is 5.44. The molecule has 126 valence electrons. The van der Waals surface area contributed by atoms with E-state index in [1.54, 1.807) is 32.0 Å². The minimum Gasteiger partial charge on any atom is -0.389 e. The molecule has 0 bridgehead atoms. The summed E-state index contributed by atoms with van der Waals surface area (Å²) >= 11 is 0. The van der Waals surface area contributed by atoms with Crippen LogP contribution in [0.5, 0.6) is 0 Å². The highest BCUT2D eigenvalue weighted by Crippen LogP contribution is 2.08. The fraction of sp³-hybridized carbons (Fsp3) is 0.353. The number of rotatable bonds is 6. The lowest BCUT2D eigenvalue weighted by Gasteiger charge is -2.14. The first-order valence-corrected chi connectivity index (χ1v) is 7.41. The van der Waals surface area contributed by atoms with E-state index in [0.29, 0.717) is 16.8 Å². The highest BCUT2D eigenvalue weighted by molar-refractivity contribution is 5.36. The second kappa shape index (κ2) is 7.81. The van der Waals surface area contributed by atoms with E-state index in [9.17, 15) is 14.3 Å². The molecular formula is C17H18FN3O3. The standard InChI is InChI=1S/C17H18FN3O3/c1-11-12(2)20-21(17(23)15(11)7-19)8-14(22)10-24-9-13-5-3-4-6-16(13)18/h3-6,14,22H,8-10H2,1-2H3/t14-/m1/s1. The summed E-state index contributed by atoms with van der Waals surface area (Å²) in [5.74, 6) is -0.377. The SMILES string of the molecule is Cc1nn(C[C@@H](O)COCc2ccccc2F)c(=O)c(C#N)c1C. The fourth-order valence-corrected chi connectivity index (χ4v) is 2.20. The van der Waals surface area contributed by atoms with Crippen molar-refractivity contribution in [2.24, 2.45) is 0 Å². The average molecular weight is 331 g/mol. The molecule has 0 spiro atoms. The summed E-state index contributed by atoms with van der Waals surface area (Å²) in [6, 6.07) is 8.06. The van der Waals surface area contributed by atoms with Crippen LogP contribution < -0.4 is 5.56 Å². The Kier molecular flexibility index (Phi) is 5.79. The lowest BCUT2D eigenvalue weighted by atomic mass is 10.1. The van der Waals surface area contributed by atoms with Gasteiger partial charge in [0.15, 0.2) is 0 Å². The molecule has 6 nitrogen and oxygen atoms in total. The summed E-state index contributed by atoms with van der Waals surface area (Å²) in [6.45, 7) is 3.17. The van der Waals surface area contributed by atoms with E-state index in [0.717, 1.165) is 4.68 Å². The Morgan fingerprint density at radius 3 is 2.79 bits per heavy atom. The Morgan fingerprint density at radius 1 is 1.42 bits per heavy atom. The molecule has 2 rings (SSSR count). The van der Waals surface area contributed by atoms with Gasteiger partial charge in [0, 0.05) is 5.56 Å². The largest absolute Gasteiger partial charge is 0.389 e. The van der Waals surface area contributed by atoms with Gasteiger partial charge in [-0.05, 0) is 25.5 Å². The minimum absolute atomic E-state index is 0.0157.